The van der Waals surface area contributed by atoms with Crippen LogP contribution >= 0.6 is 0 Å². The van der Waals surface area contributed by atoms with Crippen LogP contribution in [0, 0.1) is 12.8 Å². The lowest BCUT2D eigenvalue weighted by atomic mass is 9.95. The molecule has 4 atom stereocenters. The zero-order valence-electron chi connectivity index (χ0n) is 24.2. The number of aliphatic hydroxyl groups is 1. The normalized spacial score (nSPS) is 21.4. The van der Waals surface area contributed by atoms with Gasteiger partial charge in [-0.25, -0.2) is 4.79 Å². The summed E-state index contributed by atoms with van der Waals surface area (Å²) in [6.45, 7) is 16.1. The van der Waals surface area contributed by atoms with Gasteiger partial charge in [0.1, 0.15) is 17.1 Å². The van der Waals surface area contributed by atoms with E-state index in [0.29, 0.717) is 41.7 Å². The molecule has 0 radical (unpaired) electrons. The van der Waals surface area contributed by atoms with E-state index in [1.165, 1.54) is 7.11 Å². The first-order valence-electron chi connectivity index (χ1n) is 13.0. The first-order chi connectivity index (χ1) is 17.2. The highest BCUT2D eigenvalue weighted by Crippen LogP contribution is 2.37. The van der Waals surface area contributed by atoms with E-state index in [4.69, 9.17) is 23.7 Å². The Hall–Kier alpha value is -2.13. The Balaban J connectivity index is 2.35. The molecular weight excluding hydrogens is 488 g/mol. The predicted molar refractivity (Wildman–Crippen MR) is 150 cm³/mol. The minimum atomic E-state index is -1.60. The van der Waals surface area contributed by atoms with Gasteiger partial charge < -0.3 is 28.8 Å². The molecule has 1 aromatic carbocycles. The Kier molecular flexibility index (Phi) is 11.0. The van der Waals surface area contributed by atoms with E-state index in [1.807, 2.05) is 39.0 Å². The van der Waals surface area contributed by atoms with E-state index >= 15 is 0 Å². The first kappa shape index (κ1) is 31.1. The van der Waals surface area contributed by atoms with Gasteiger partial charge >= 0.3 is 5.97 Å². The number of carbonyl (C=O) groups excluding carboxylic acids is 1. The van der Waals surface area contributed by atoms with Gasteiger partial charge in [0, 0.05) is 12.0 Å². The van der Waals surface area contributed by atoms with Gasteiger partial charge in [-0.2, -0.15) is 0 Å². The standard InChI is InChI=1S/C29H46O7Si/c1-19(13-11-14-20(2)30)27-23(35-29(4,5)36-27)16-12-15-22-21(3)24(32-6)17-25(33-7)26(22)28(31)34-18-37(8,9)10/h11-13,15,17,19-20,23,27,30H,14,16,18H2,1-10H3/b13-11-,15-12+/t19?,20-,23-,27-/m1/s1. The summed E-state index contributed by atoms with van der Waals surface area (Å²) in [7, 11) is 1.54. The highest BCUT2D eigenvalue weighted by atomic mass is 28.3. The fraction of sp³-hybridized carbons (Fsp3) is 0.621. The fourth-order valence-electron chi connectivity index (χ4n) is 4.31. The Morgan fingerprint density at radius 1 is 1.14 bits per heavy atom. The fourth-order valence-corrected chi connectivity index (χ4v) is 4.87. The summed E-state index contributed by atoms with van der Waals surface area (Å²) in [4.78, 5) is 13.2. The third-order valence-corrected chi connectivity index (χ3v) is 7.15. The van der Waals surface area contributed by atoms with Crippen LogP contribution < -0.4 is 9.47 Å². The highest BCUT2D eigenvalue weighted by Gasteiger charge is 2.42. The van der Waals surface area contributed by atoms with Crippen LogP contribution in [0.5, 0.6) is 11.5 Å². The number of ether oxygens (including phenoxy) is 5. The molecule has 8 heteroatoms. The Labute approximate surface area is 223 Å². The lowest BCUT2D eigenvalue weighted by Gasteiger charge is -2.21. The molecular formula is C29H46O7Si. The molecule has 0 amide bonds. The number of benzene rings is 1. The topological polar surface area (TPSA) is 83.5 Å². The molecule has 1 aliphatic rings. The molecule has 0 bridgehead atoms. The maximum absolute atomic E-state index is 13.2. The quantitative estimate of drug-likeness (QED) is 0.202. The predicted octanol–water partition coefficient (Wildman–Crippen LogP) is 5.93. The number of aliphatic hydroxyl groups excluding tert-OH is 1. The van der Waals surface area contributed by atoms with E-state index in [1.54, 1.807) is 20.1 Å². The summed E-state index contributed by atoms with van der Waals surface area (Å²) >= 11 is 0. The molecule has 37 heavy (non-hydrogen) atoms. The largest absolute Gasteiger partial charge is 0.496 e. The molecule has 1 fully saturated rings. The summed E-state index contributed by atoms with van der Waals surface area (Å²) in [5.41, 5.74) is 1.93. The van der Waals surface area contributed by atoms with E-state index in [-0.39, 0.29) is 24.2 Å². The SMILES string of the molecule is COc1cc(OC)c(C(=O)OC[Si](C)(C)C)c(/C=C/C[C@H]2OC(C)(C)O[C@@H]2C(C)/C=C\C[C@@H](C)O)c1C. The summed E-state index contributed by atoms with van der Waals surface area (Å²) < 4.78 is 29.3. The minimum Gasteiger partial charge on any atom is -0.496 e. The molecule has 1 N–H and O–H groups in total. The highest BCUT2D eigenvalue weighted by molar-refractivity contribution is 6.76. The average Bonchev–Trinajstić information content (AvgIpc) is 3.11. The summed E-state index contributed by atoms with van der Waals surface area (Å²) in [6.07, 6.45) is 8.90. The summed E-state index contributed by atoms with van der Waals surface area (Å²) in [6, 6.07) is 1.73. The Bertz CT molecular complexity index is 975. The lowest BCUT2D eigenvalue weighted by Crippen LogP contribution is -2.30. The molecule has 1 aliphatic heterocycles. The van der Waals surface area contributed by atoms with Gasteiger partial charge in [0.2, 0.25) is 0 Å². The van der Waals surface area contributed by atoms with E-state index in [9.17, 15) is 9.90 Å². The lowest BCUT2D eigenvalue weighted by molar-refractivity contribution is -0.148. The molecule has 0 aliphatic carbocycles. The number of rotatable bonds is 12. The van der Waals surface area contributed by atoms with Crippen molar-refractivity contribution in [2.24, 2.45) is 5.92 Å². The van der Waals surface area contributed by atoms with Gasteiger partial charge in [0.05, 0.1) is 46.8 Å². The summed E-state index contributed by atoms with van der Waals surface area (Å²) in [5.74, 6) is 0.0514. The van der Waals surface area contributed by atoms with Crippen LogP contribution in [0.15, 0.2) is 24.3 Å². The summed E-state index contributed by atoms with van der Waals surface area (Å²) in [5, 5.41) is 9.56. The van der Waals surface area contributed by atoms with Crippen molar-refractivity contribution in [2.75, 3.05) is 20.4 Å². The molecule has 1 heterocycles. The second-order valence-electron chi connectivity index (χ2n) is 11.5. The molecule has 2 rings (SSSR count). The second kappa shape index (κ2) is 13.1. The van der Waals surface area contributed by atoms with Crippen LogP contribution in [0.2, 0.25) is 19.6 Å². The third-order valence-electron chi connectivity index (χ3n) is 6.14. The van der Waals surface area contributed by atoms with Crippen LogP contribution in [-0.2, 0) is 14.2 Å². The van der Waals surface area contributed by atoms with Gasteiger partial charge in [-0.15, -0.1) is 0 Å². The van der Waals surface area contributed by atoms with E-state index < -0.39 is 19.8 Å². The minimum absolute atomic E-state index is 0.102. The molecule has 7 nitrogen and oxygen atoms in total. The monoisotopic (exact) mass is 534 g/mol. The number of hydrogen-bond acceptors (Lipinski definition) is 7. The van der Waals surface area contributed by atoms with Crippen LogP contribution in [0.1, 0.15) is 62.0 Å². The molecule has 1 aromatic rings. The van der Waals surface area contributed by atoms with Crippen molar-refractivity contribution in [3.8, 4) is 11.5 Å². The van der Waals surface area contributed by atoms with Crippen LogP contribution in [0.4, 0.5) is 0 Å². The maximum Gasteiger partial charge on any atom is 0.342 e. The number of methoxy groups -OCH3 is 2. The van der Waals surface area contributed by atoms with Crippen molar-refractivity contribution in [3.05, 3.63) is 41.0 Å². The third kappa shape index (κ3) is 8.99. The molecule has 1 unspecified atom stereocenters. The number of esters is 1. The molecule has 0 spiro atoms. The molecule has 0 saturated carbocycles. The van der Waals surface area contributed by atoms with Gasteiger partial charge in [0.25, 0.3) is 0 Å². The van der Waals surface area contributed by atoms with Crippen molar-refractivity contribution < 1.29 is 33.6 Å². The number of hydrogen-bond donors (Lipinski definition) is 1. The molecule has 1 saturated heterocycles. The molecule has 0 aromatic heterocycles. The Morgan fingerprint density at radius 3 is 2.35 bits per heavy atom. The first-order valence-corrected chi connectivity index (χ1v) is 16.7. The average molecular weight is 535 g/mol. The zero-order chi connectivity index (χ0) is 28.0. The van der Waals surface area contributed by atoms with Crippen molar-refractivity contribution in [2.45, 2.75) is 91.2 Å². The van der Waals surface area contributed by atoms with Gasteiger partial charge in [-0.05, 0) is 51.7 Å². The molecule has 208 valence electrons. The van der Waals surface area contributed by atoms with Gasteiger partial charge in [0.15, 0.2) is 5.79 Å². The Morgan fingerprint density at radius 2 is 1.78 bits per heavy atom. The second-order valence-corrected chi connectivity index (χ2v) is 16.9. The van der Waals surface area contributed by atoms with Crippen LogP contribution in [0.25, 0.3) is 6.08 Å². The van der Waals surface area contributed by atoms with Crippen LogP contribution in [0.3, 0.4) is 0 Å². The van der Waals surface area contributed by atoms with Gasteiger partial charge in [-0.3, -0.25) is 0 Å². The van der Waals surface area contributed by atoms with Crippen molar-refractivity contribution in [1.82, 2.24) is 0 Å². The maximum atomic E-state index is 13.2. The van der Waals surface area contributed by atoms with Gasteiger partial charge in [-0.1, -0.05) is 50.9 Å². The van der Waals surface area contributed by atoms with E-state index in [0.717, 1.165) is 5.56 Å². The smallest absolute Gasteiger partial charge is 0.342 e. The number of carbonyl (C=O) groups is 1. The van der Waals surface area contributed by atoms with Crippen LogP contribution in [-0.4, -0.2) is 63.7 Å². The van der Waals surface area contributed by atoms with Crippen molar-refractivity contribution in [3.63, 3.8) is 0 Å². The van der Waals surface area contributed by atoms with Crippen molar-refractivity contribution in [1.29, 1.82) is 0 Å². The zero-order valence-corrected chi connectivity index (χ0v) is 25.2. The van der Waals surface area contributed by atoms with Crippen molar-refractivity contribution >= 4 is 20.1 Å². The van der Waals surface area contributed by atoms with E-state index in [2.05, 4.69) is 32.6 Å².